The number of aryl methyl sites for hydroxylation is 1. The molecule has 78 valence electrons. The van der Waals surface area contributed by atoms with Gasteiger partial charge in [-0.1, -0.05) is 11.6 Å². The molecule has 14 heavy (non-hydrogen) atoms. The van der Waals surface area contributed by atoms with Crippen LogP contribution in [0.15, 0.2) is 12.1 Å². The lowest BCUT2D eigenvalue weighted by atomic mass is 9.99. The molecule has 0 saturated heterocycles. The van der Waals surface area contributed by atoms with Crippen LogP contribution in [0.4, 0.5) is 5.69 Å². The second-order valence-corrected chi connectivity index (χ2v) is 3.93. The van der Waals surface area contributed by atoms with Crippen molar-refractivity contribution in [3.63, 3.8) is 0 Å². The minimum atomic E-state index is -0.643. The van der Waals surface area contributed by atoms with Crippen LogP contribution in [0, 0.1) is 6.92 Å². The standard InChI is InChI=1S/C10H15ClN2O/c1-5-3-7(11)4-8(9(5)12)10(13)6(2)14/h3-4,6,10,14H,12-13H2,1-2H3. The van der Waals surface area contributed by atoms with E-state index in [1.165, 1.54) is 0 Å². The van der Waals surface area contributed by atoms with E-state index >= 15 is 0 Å². The predicted molar refractivity (Wildman–Crippen MR) is 59.2 cm³/mol. The molecule has 0 radical (unpaired) electrons. The number of aliphatic hydroxyl groups excluding tert-OH is 1. The lowest BCUT2D eigenvalue weighted by molar-refractivity contribution is 0.164. The number of anilines is 1. The molecule has 0 bridgehead atoms. The monoisotopic (exact) mass is 214 g/mol. The molecule has 4 heteroatoms. The first-order chi connectivity index (χ1) is 6.43. The highest BCUT2D eigenvalue weighted by Gasteiger charge is 2.16. The minimum absolute atomic E-state index is 0.493. The zero-order valence-corrected chi connectivity index (χ0v) is 9.05. The van der Waals surface area contributed by atoms with Crippen molar-refractivity contribution < 1.29 is 5.11 Å². The van der Waals surface area contributed by atoms with E-state index in [0.717, 1.165) is 5.56 Å². The topological polar surface area (TPSA) is 72.3 Å². The summed E-state index contributed by atoms with van der Waals surface area (Å²) < 4.78 is 0. The van der Waals surface area contributed by atoms with Gasteiger partial charge in [0, 0.05) is 10.7 Å². The van der Waals surface area contributed by atoms with Crippen LogP contribution in [0.3, 0.4) is 0 Å². The van der Waals surface area contributed by atoms with E-state index in [1.807, 2.05) is 6.92 Å². The molecule has 0 spiro atoms. The molecule has 5 N–H and O–H groups in total. The zero-order valence-electron chi connectivity index (χ0n) is 8.29. The highest BCUT2D eigenvalue weighted by molar-refractivity contribution is 6.30. The van der Waals surface area contributed by atoms with Gasteiger partial charge in [-0.05, 0) is 37.1 Å². The maximum atomic E-state index is 9.36. The number of nitrogen functional groups attached to an aromatic ring is 1. The first kappa shape index (κ1) is 11.3. The summed E-state index contributed by atoms with van der Waals surface area (Å²) in [4.78, 5) is 0. The van der Waals surface area contributed by atoms with Crippen molar-refractivity contribution in [2.45, 2.75) is 26.0 Å². The summed E-state index contributed by atoms with van der Waals surface area (Å²) in [6.07, 6.45) is -0.643. The molecule has 2 unspecified atom stereocenters. The Kier molecular flexibility index (Phi) is 3.37. The van der Waals surface area contributed by atoms with Gasteiger partial charge in [0.05, 0.1) is 12.1 Å². The molecule has 1 aromatic rings. The number of nitrogens with two attached hydrogens (primary N) is 2. The van der Waals surface area contributed by atoms with Gasteiger partial charge in [0.2, 0.25) is 0 Å². The number of aliphatic hydroxyl groups is 1. The smallest absolute Gasteiger partial charge is 0.0705 e. The second kappa shape index (κ2) is 4.17. The van der Waals surface area contributed by atoms with Crippen molar-refractivity contribution in [3.05, 3.63) is 28.3 Å². The average molecular weight is 215 g/mol. The minimum Gasteiger partial charge on any atom is -0.398 e. The molecule has 0 aliphatic carbocycles. The molecule has 3 nitrogen and oxygen atoms in total. The summed E-state index contributed by atoms with van der Waals surface area (Å²) in [5.41, 5.74) is 13.8. The number of hydrogen-bond acceptors (Lipinski definition) is 3. The molecule has 2 atom stereocenters. The van der Waals surface area contributed by atoms with Gasteiger partial charge in [-0.15, -0.1) is 0 Å². The van der Waals surface area contributed by atoms with E-state index in [9.17, 15) is 5.11 Å². The number of rotatable bonds is 2. The SMILES string of the molecule is Cc1cc(Cl)cc(C(N)C(C)O)c1N. The molecule has 0 aliphatic rings. The summed E-state index contributed by atoms with van der Waals surface area (Å²) in [6, 6.07) is 2.98. The summed E-state index contributed by atoms with van der Waals surface area (Å²) in [5, 5.41) is 9.94. The van der Waals surface area contributed by atoms with E-state index in [-0.39, 0.29) is 0 Å². The first-order valence-electron chi connectivity index (χ1n) is 4.42. The third-order valence-corrected chi connectivity index (χ3v) is 2.48. The van der Waals surface area contributed by atoms with Gasteiger partial charge in [-0.3, -0.25) is 0 Å². The number of benzene rings is 1. The van der Waals surface area contributed by atoms with Gasteiger partial charge in [0.1, 0.15) is 0 Å². The van der Waals surface area contributed by atoms with Crippen LogP contribution in [-0.2, 0) is 0 Å². The first-order valence-corrected chi connectivity index (χ1v) is 4.80. The normalized spacial score (nSPS) is 15.2. The number of halogens is 1. The highest BCUT2D eigenvalue weighted by Crippen LogP contribution is 2.28. The molecule has 0 aliphatic heterocycles. The third kappa shape index (κ3) is 2.18. The van der Waals surface area contributed by atoms with Crippen molar-refractivity contribution in [2.75, 3.05) is 5.73 Å². The molecule has 1 rings (SSSR count). The maximum Gasteiger partial charge on any atom is 0.0705 e. The fourth-order valence-corrected chi connectivity index (χ4v) is 1.60. The Morgan fingerprint density at radius 3 is 2.50 bits per heavy atom. The predicted octanol–water partition coefficient (Wildman–Crippen LogP) is 1.61. The Hall–Kier alpha value is -0.770. The van der Waals surface area contributed by atoms with Gasteiger partial charge < -0.3 is 16.6 Å². The molecule has 0 heterocycles. The molecular formula is C10H15ClN2O. The fraction of sp³-hybridized carbons (Fsp3) is 0.400. The molecule has 1 aromatic carbocycles. The van der Waals surface area contributed by atoms with Gasteiger partial charge >= 0.3 is 0 Å². The van der Waals surface area contributed by atoms with E-state index < -0.39 is 12.1 Å². The highest BCUT2D eigenvalue weighted by atomic mass is 35.5. The Balaban J connectivity index is 3.20. The van der Waals surface area contributed by atoms with E-state index in [1.54, 1.807) is 19.1 Å². The van der Waals surface area contributed by atoms with Crippen LogP contribution < -0.4 is 11.5 Å². The van der Waals surface area contributed by atoms with Crippen LogP contribution in [0.5, 0.6) is 0 Å². The van der Waals surface area contributed by atoms with Crippen LogP contribution in [0.2, 0.25) is 5.02 Å². The summed E-state index contributed by atoms with van der Waals surface area (Å²) in [5.74, 6) is 0. The maximum absolute atomic E-state index is 9.36. The molecule has 0 fully saturated rings. The van der Waals surface area contributed by atoms with E-state index in [4.69, 9.17) is 23.1 Å². The van der Waals surface area contributed by atoms with E-state index in [0.29, 0.717) is 16.3 Å². The van der Waals surface area contributed by atoms with Gasteiger partial charge in [0.25, 0.3) is 0 Å². The van der Waals surface area contributed by atoms with Crippen molar-refractivity contribution in [2.24, 2.45) is 5.73 Å². The van der Waals surface area contributed by atoms with Crippen LogP contribution >= 0.6 is 11.6 Å². The van der Waals surface area contributed by atoms with E-state index in [2.05, 4.69) is 0 Å². The summed E-state index contributed by atoms with van der Waals surface area (Å²) in [7, 11) is 0. The Labute approximate surface area is 88.7 Å². The number of hydrogen-bond donors (Lipinski definition) is 3. The van der Waals surface area contributed by atoms with Crippen LogP contribution in [0.25, 0.3) is 0 Å². The van der Waals surface area contributed by atoms with Crippen molar-refractivity contribution in [1.82, 2.24) is 0 Å². The van der Waals surface area contributed by atoms with Gasteiger partial charge in [0.15, 0.2) is 0 Å². The molecular weight excluding hydrogens is 200 g/mol. The van der Waals surface area contributed by atoms with Crippen molar-refractivity contribution in [1.29, 1.82) is 0 Å². The third-order valence-electron chi connectivity index (χ3n) is 2.26. The van der Waals surface area contributed by atoms with Crippen LogP contribution in [0.1, 0.15) is 24.1 Å². The lowest BCUT2D eigenvalue weighted by Crippen LogP contribution is -2.24. The summed E-state index contributed by atoms with van der Waals surface area (Å²) in [6.45, 7) is 3.49. The molecule has 0 aromatic heterocycles. The zero-order chi connectivity index (χ0) is 10.9. The largest absolute Gasteiger partial charge is 0.398 e. The summed E-state index contributed by atoms with van der Waals surface area (Å²) >= 11 is 5.88. The van der Waals surface area contributed by atoms with Crippen LogP contribution in [-0.4, -0.2) is 11.2 Å². The fourth-order valence-electron chi connectivity index (χ4n) is 1.32. The Morgan fingerprint density at radius 2 is 2.00 bits per heavy atom. The van der Waals surface area contributed by atoms with Crippen molar-refractivity contribution in [3.8, 4) is 0 Å². The van der Waals surface area contributed by atoms with Gasteiger partial charge in [-0.25, -0.2) is 0 Å². The quantitative estimate of drug-likeness (QED) is 0.655. The average Bonchev–Trinajstić information content (AvgIpc) is 2.09. The lowest BCUT2D eigenvalue weighted by Gasteiger charge is -2.18. The van der Waals surface area contributed by atoms with Crippen molar-refractivity contribution >= 4 is 17.3 Å². The molecule has 0 amide bonds. The van der Waals surface area contributed by atoms with Gasteiger partial charge in [-0.2, -0.15) is 0 Å². The molecule has 0 saturated carbocycles. The second-order valence-electron chi connectivity index (χ2n) is 3.49. The Bertz CT molecular complexity index is 339. The Morgan fingerprint density at radius 1 is 1.43 bits per heavy atom.